The zero-order valence-electron chi connectivity index (χ0n) is 14.9. The van der Waals surface area contributed by atoms with Crippen LogP contribution in [0.2, 0.25) is 0 Å². The van der Waals surface area contributed by atoms with Crippen LogP contribution >= 0.6 is 0 Å². The number of hydrogen-bond acceptors (Lipinski definition) is 2. The van der Waals surface area contributed by atoms with Crippen LogP contribution in [-0.4, -0.2) is 40.9 Å². The van der Waals surface area contributed by atoms with Gasteiger partial charge in [-0.25, -0.2) is 0 Å². The normalized spacial score (nSPS) is 28.5. The summed E-state index contributed by atoms with van der Waals surface area (Å²) in [4.78, 5) is 17.5. The van der Waals surface area contributed by atoms with E-state index in [2.05, 4.69) is 41.0 Å². The van der Waals surface area contributed by atoms with Crippen molar-refractivity contribution in [3.63, 3.8) is 0 Å². The Morgan fingerprint density at radius 1 is 1.04 bits per heavy atom. The maximum atomic E-state index is 12.6. The molecule has 2 atom stereocenters. The number of aryl methyl sites for hydroxylation is 1. The van der Waals surface area contributed by atoms with E-state index in [4.69, 9.17) is 0 Å². The Hall–Kier alpha value is -1.35. The van der Waals surface area contributed by atoms with Gasteiger partial charge in [-0.2, -0.15) is 0 Å². The number of fused-ring (bicyclic) bond motifs is 1. The molecule has 3 heteroatoms. The molecule has 0 radical (unpaired) electrons. The summed E-state index contributed by atoms with van der Waals surface area (Å²) in [5, 5.41) is 0. The molecule has 0 N–H and O–H groups in total. The van der Waals surface area contributed by atoms with Crippen LogP contribution in [0.25, 0.3) is 0 Å². The van der Waals surface area contributed by atoms with Crippen molar-refractivity contribution in [2.45, 2.75) is 70.5 Å². The first kappa shape index (κ1) is 16.1. The van der Waals surface area contributed by atoms with E-state index in [-0.39, 0.29) is 0 Å². The Kier molecular flexibility index (Phi) is 4.62. The van der Waals surface area contributed by atoms with Gasteiger partial charge in [0.2, 0.25) is 5.91 Å². The first-order valence-electron chi connectivity index (χ1n) is 9.80. The van der Waals surface area contributed by atoms with Crippen LogP contribution < -0.4 is 0 Å². The third-order valence-electron chi connectivity index (χ3n) is 6.55. The Labute approximate surface area is 146 Å². The lowest BCUT2D eigenvalue weighted by Crippen LogP contribution is -2.39. The lowest BCUT2D eigenvalue weighted by atomic mass is 9.89. The van der Waals surface area contributed by atoms with E-state index in [1.54, 1.807) is 0 Å². The summed E-state index contributed by atoms with van der Waals surface area (Å²) >= 11 is 0. The molecule has 1 saturated carbocycles. The quantitative estimate of drug-likeness (QED) is 0.841. The molecule has 130 valence electrons. The van der Waals surface area contributed by atoms with Crippen LogP contribution in [0.3, 0.4) is 0 Å². The number of likely N-dealkylation sites (tertiary alicyclic amines) is 2. The molecule has 3 aliphatic rings. The Morgan fingerprint density at radius 3 is 2.62 bits per heavy atom. The second-order valence-corrected chi connectivity index (χ2v) is 8.07. The molecule has 0 aromatic heterocycles. The van der Waals surface area contributed by atoms with Gasteiger partial charge in [-0.05, 0) is 43.2 Å². The van der Waals surface area contributed by atoms with E-state index < -0.39 is 0 Å². The molecule has 3 nitrogen and oxygen atoms in total. The van der Waals surface area contributed by atoms with Crippen LogP contribution in [0.1, 0.15) is 56.1 Å². The molecule has 1 aliphatic carbocycles. The average molecular weight is 326 g/mol. The van der Waals surface area contributed by atoms with Crippen molar-refractivity contribution in [2.75, 3.05) is 13.1 Å². The van der Waals surface area contributed by atoms with E-state index in [1.165, 1.54) is 56.3 Å². The van der Waals surface area contributed by atoms with Crippen LogP contribution in [-0.2, 0) is 11.3 Å². The smallest absolute Gasteiger partial charge is 0.224 e. The van der Waals surface area contributed by atoms with Crippen molar-refractivity contribution >= 4 is 5.91 Å². The summed E-state index contributed by atoms with van der Waals surface area (Å²) in [5.41, 5.74) is 2.60. The number of amides is 1. The summed E-state index contributed by atoms with van der Waals surface area (Å²) < 4.78 is 0. The first-order valence-corrected chi connectivity index (χ1v) is 9.80. The third-order valence-corrected chi connectivity index (χ3v) is 6.55. The molecular weight excluding hydrogens is 296 g/mol. The molecule has 2 heterocycles. The molecule has 3 fully saturated rings. The fraction of sp³-hybridized carbons (Fsp3) is 0.667. The van der Waals surface area contributed by atoms with E-state index in [0.717, 1.165) is 25.3 Å². The lowest BCUT2D eigenvalue weighted by molar-refractivity contribution is -0.129. The first-order chi connectivity index (χ1) is 11.7. The van der Waals surface area contributed by atoms with Gasteiger partial charge >= 0.3 is 0 Å². The summed E-state index contributed by atoms with van der Waals surface area (Å²) in [6.07, 6.45) is 8.93. The number of benzene rings is 1. The van der Waals surface area contributed by atoms with Crippen LogP contribution in [0.4, 0.5) is 0 Å². The Morgan fingerprint density at radius 2 is 1.83 bits per heavy atom. The molecule has 1 aromatic rings. The summed E-state index contributed by atoms with van der Waals surface area (Å²) in [7, 11) is 0. The number of rotatable bonds is 4. The van der Waals surface area contributed by atoms with E-state index in [0.29, 0.717) is 18.0 Å². The molecule has 2 saturated heterocycles. The van der Waals surface area contributed by atoms with Crippen molar-refractivity contribution in [1.29, 1.82) is 0 Å². The molecule has 0 bridgehead atoms. The molecular formula is C21H30N2O. The molecule has 2 aliphatic heterocycles. The van der Waals surface area contributed by atoms with Crippen molar-refractivity contribution < 1.29 is 4.79 Å². The zero-order chi connectivity index (χ0) is 16.5. The summed E-state index contributed by atoms with van der Waals surface area (Å²) in [6, 6.07) is 9.41. The highest BCUT2D eigenvalue weighted by atomic mass is 16.2. The second kappa shape index (κ2) is 6.87. The highest BCUT2D eigenvalue weighted by Gasteiger charge is 2.46. The van der Waals surface area contributed by atoms with Crippen molar-refractivity contribution in [3.8, 4) is 0 Å². The lowest BCUT2D eigenvalue weighted by Gasteiger charge is -2.30. The van der Waals surface area contributed by atoms with Gasteiger partial charge in [0.15, 0.2) is 0 Å². The predicted molar refractivity (Wildman–Crippen MR) is 96.7 cm³/mol. The van der Waals surface area contributed by atoms with Crippen LogP contribution in [0, 0.1) is 12.8 Å². The number of carbonyl (C=O) groups excluding carboxylic acids is 1. The monoisotopic (exact) mass is 326 g/mol. The summed E-state index contributed by atoms with van der Waals surface area (Å²) in [6.45, 7) is 5.36. The van der Waals surface area contributed by atoms with Gasteiger partial charge in [0.05, 0.1) is 0 Å². The fourth-order valence-electron chi connectivity index (χ4n) is 5.11. The third kappa shape index (κ3) is 3.11. The maximum Gasteiger partial charge on any atom is 0.224 e. The minimum atomic E-state index is 0.363. The van der Waals surface area contributed by atoms with Gasteiger partial charge in [0.25, 0.3) is 0 Å². The minimum Gasteiger partial charge on any atom is -0.334 e. The van der Waals surface area contributed by atoms with E-state index in [9.17, 15) is 4.79 Å². The molecule has 1 amide bonds. The molecule has 4 rings (SSSR count). The van der Waals surface area contributed by atoms with Gasteiger partial charge in [-0.15, -0.1) is 0 Å². The highest BCUT2D eigenvalue weighted by molar-refractivity contribution is 5.80. The Balaban J connectivity index is 1.42. The topological polar surface area (TPSA) is 23.6 Å². The van der Waals surface area contributed by atoms with Gasteiger partial charge in [-0.3, -0.25) is 9.69 Å². The van der Waals surface area contributed by atoms with E-state index >= 15 is 0 Å². The Bertz CT molecular complexity index is 593. The van der Waals surface area contributed by atoms with Crippen molar-refractivity contribution in [2.24, 2.45) is 5.92 Å². The highest BCUT2D eigenvalue weighted by Crippen LogP contribution is 2.35. The zero-order valence-corrected chi connectivity index (χ0v) is 14.9. The fourth-order valence-corrected chi connectivity index (χ4v) is 5.11. The molecule has 0 unspecified atom stereocenters. The minimum absolute atomic E-state index is 0.363. The van der Waals surface area contributed by atoms with Crippen molar-refractivity contribution in [1.82, 2.24) is 9.80 Å². The van der Waals surface area contributed by atoms with Gasteiger partial charge in [-0.1, -0.05) is 43.5 Å². The van der Waals surface area contributed by atoms with E-state index in [1.807, 2.05) is 0 Å². The number of hydrogen-bond donors (Lipinski definition) is 0. The SMILES string of the molecule is Cc1ccccc1CN1C(=O)C[C@H]2[C@@H]1CCN2CC1CCCCC1. The summed E-state index contributed by atoms with van der Waals surface area (Å²) in [5.74, 6) is 1.24. The number of carbonyl (C=O) groups is 1. The standard InChI is InChI=1S/C21H30N2O/c1-16-7-5-6-10-18(16)15-23-19-11-12-22(20(19)13-21(23)24)14-17-8-3-2-4-9-17/h5-7,10,17,19-20H,2-4,8-9,11-15H2,1H3/t19-,20-/m0/s1. The molecule has 24 heavy (non-hydrogen) atoms. The number of nitrogens with zero attached hydrogens (tertiary/aromatic N) is 2. The van der Waals surface area contributed by atoms with Gasteiger partial charge < -0.3 is 4.90 Å². The van der Waals surface area contributed by atoms with Gasteiger partial charge in [0, 0.05) is 38.1 Å². The predicted octanol–water partition coefficient (Wildman–Crippen LogP) is 3.75. The van der Waals surface area contributed by atoms with Crippen LogP contribution in [0.15, 0.2) is 24.3 Å². The van der Waals surface area contributed by atoms with Crippen molar-refractivity contribution in [3.05, 3.63) is 35.4 Å². The average Bonchev–Trinajstić information content (AvgIpc) is 3.11. The molecule has 1 aromatic carbocycles. The largest absolute Gasteiger partial charge is 0.334 e. The second-order valence-electron chi connectivity index (χ2n) is 8.07. The van der Waals surface area contributed by atoms with Gasteiger partial charge in [0.1, 0.15) is 0 Å². The van der Waals surface area contributed by atoms with Crippen LogP contribution in [0.5, 0.6) is 0 Å². The molecule has 0 spiro atoms. The maximum absolute atomic E-state index is 12.6.